The predicted octanol–water partition coefficient (Wildman–Crippen LogP) is 4.36. The average Bonchev–Trinajstić information content (AvgIpc) is 2.37. The van der Waals surface area contributed by atoms with Crippen molar-refractivity contribution in [3.63, 3.8) is 0 Å². The molecule has 2 aromatic carbocycles. The summed E-state index contributed by atoms with van der Waals surface area (Å²) in [6.45, 7) is 1.93. The number of hydrogen-bond acceptors (Lipinski definition) is 2. The molecule has 0 aliphatic carbocycles. The van der Waals surface area contributed by atoms with Crippen LogP contribution in [-0.2, 0) is 6.18 Å². The van der Waals surface area contributed by atoms with Crippen molar-refractivity contribution in [1.82, 2.24) is 0 Å². The standard InChI is InChI=1S/C15H15F3N2/c1-10-4-3-5-11(8-10)20(2)12-6-7-14(19)13(9-12)15(16,17)18/h3-9H,19H2,1-2H3. The van der Waals surface area contributed by atoms with Crippen LogP contribution in [0.1, 0.15) is 11.1 Å². The van der Waals surface area contributed by atoms with E-state index in [-0.39, 0.29) is 5.69 Å². The Morgan fingerprint density at radius 3 is 2.25 bits per heavy atom. The van der Waals surface area contributed by atoms with E-state index >= 15 is 0 Å². The van der Waals surface area contributed by atoms with Gasteiger partial charge in [-0.3, -0.25) is 0 Å². The summed E-state index contributed by atoms with van der Waals surface area (Å²) in [5.74, 6) is 0. The first kappa shape index (κ1) is 14.2. The number of rotatable bonds is 2. The fourth-order valence-electron chi connectivity index (χ4n) is 1.98. The summed E-state index contributed by atoms with van der Waals surface area (Å²) < 4.78 is 38.6. The first-order valence-corrected chi connectivity index (χ1v) is 6.06. The molecule has 0 spiro atoms. The molecule has 0 bridgehead atoms. The predicted molar refractivity (Wildman–Crippen MR) is 75.1 cm³/mol. The van der Waals surface area contributed by atoms with Crippen molar-refractivity contribution < 1.29 is 13.2 Å². The van der Waals surface area contributed by atoms with Crippen molar-refractivity contribution in [1.29, 1.82) is 0 Å². The second-order valence-corrected chi connectivity index (χ2v) is 4.67. The molecule has 0 saturated carbocycles. The maximum Gasteiger partial charge on any atom is 0.418 e. The zero-order chi connectivity index (χ0) is 14.9. The molecule has 0 saturated heterocycles. The number of hydrogen-bond donors (Lipinski definition) is 1. The molecule has 0 amide bonds. The molecule has 0 aromatic heterocycles. The van der Waals surface area contributed by atoms with Crippen molar-refractivity contribution in [3.8, 4) is 0 Å². The molecule has 0 heterocycles. The molecule has 2 rings (SSSR count). The highest BCUT2D eigenvalue weighted by atomic mass is 19.4. The van der Waals surface area contributed by atoms with E-state index in [1.54, 1.807) is 18.0 Å². The highest BCUT2D eigenvalue weighted by Gasteiger charge is 2.33. The van der Waals surface area contributed by atoms with Crippen molar-refractivity contribution in [2.24, 2.45) is 0 Å². The second kappa shape index (κ2) is 5.07. The van der Waals surface area contributed by atoms with E-state index in [1.807, 2.05) is 31.2 Å². The third kappa shape index (κ3) is 2.87. The van der Waals surface area contributed by atoms with Gasteiger partial charge in [0.25, 0.3) is 0 Å². The van der Waals surface area contributed by atoms with Crippen LogP contribution < -0.4 is 10.6 Å². The Morgan fingerprint density at radius 1 is 1.00 bits per heavy atom. The SMILES string of the molecule is Cc1cccc(N(C)c2ccc(N)c(C(F)(F)F)c2)c1. The van der Waals surface area contributed by atoms with Crippen LogP contribution in [0.5, 0.6) is 0 Å². The van der Waals surface area contributed by atoms with Gasteiger partial charge in [0, 0.05) is 24.1 Å². The maximum absolute atomic E-state index is 12.9. The van der Waals surface area contributed by atoms with Crippen molar-refractivity contribution in [2.45, 2.75) is 13.1 Å². The molecule has 106 valence electrons. The molecule has 0 radical (unpaired) electrons. The van der Waals surface area contributed by atoms with E-state index in [4.69, 9.17) is 5.73 Å². The zero-order valence-corrected chi connectivity index (χ0v) is 11.2. The van der Waals surface area contributed by atoms with Crippen LogP contribution in [0.25, 0.3) is 0 Å². The number of anilines is 3. The highest BCUT2D eigenvalue weighted by Crippen LogP contribution is 2.37. The molecule has 0 aliphatic rings. The fraction of sp³-hybridized carbons (Fsp3) is 0.200. The molecule has 2 nitrogen and oxygen atoms in total. The van der Waals surface area contributed by atoms with Crippen LogP contribution >= 0.6 is 0 Å². The van der Waals surface area contributed by atoms with Gasteiger partial charge in [0.1, 0.15) is 0 Å². The lowest BCUT2D eigenvalue weighted by atomic mass is 10.1. The average molecular weight is 280 g/mol. The van der Waals surface area contributed by atoms with Crippen molar-refractivity contribution >= 4 is 17.1 Å². The maximum atomic E-state index is 12.9. The van der Waals surface area contributed by atoms with Gasteiger partial charge in [-0.15, -0.1) is 0 Å². The van der Waals surface area contributed by atoms with Crippen LogP contribution in [-0.4, -0.2) is 7.05 Å². The van der Waals surface area contributed by atoms with Crippen LogP contribution in [0.15, 0.2) is 42.5 Å². The summed E-state index contributed by atoms with van der Waals surface area (Å²) in [5, 5.41) is 0. The van der Waals surface area contributed by atoms with Crippen molar-refractivity contribution in [2.75, 3.05) is 17.7 Å². The van der Waals surface area contributed by atoms with Gasteiger partial charge < -0.3 is 10.6 Å². The normalized spacial score (nSPS) is 11.4. The Kier molecular flexibility index (Phi) is 3.61. The van der Waals surface area contributed by atoms with Gasteiger partial charge in [0.15, 0.2) is 0 Å². The summed E-state index contributed by atoms with van der Waals surface area (Å²) >= 11 is 0. The lowest BCUT2D eigenvalue weighted by Crippen LogP contribution is -2.13. The lowest BCUT2D eigenvalue weighted by molar-refractivity contribution is -0.136. The second-order valence-electron chi connectivity index (χ2n) is 4.67. The van der Waals surface area contributed by atoms with Crippen LogP contribution in [0.4, 0.5) is 30.2 Å². The van der Waals surface area contributed by atoms with Gasteiger partial charge in [-0.25, -0.2) is 0 Å². The van der Waals surface area contributed by atoms with E-state index < -0.39 is 11.7 Å². The van der Waals surface area contributed by atoms with Crippen LogP contribution in [0, 0.1) is 6.92 Å². The van der Waals surface area contributed by atoms with Crippen LogP contribution in [0.2, 0.25) is 0 Å². The van der Waals surface area contributed by atoms with E-state index in [1.165, 1.54) is 6.07 Å². The van der Waals surface area contributed by atoms with Gasteiger partial charge in [-0.2, -0.15) is 13.2 Å². The molecule has 0 unspecified atom stereocenters. The van der Waals surface area contributed by atoms with E-state index in [0.717, 1.165) is 17.3 Å². The summed E-state index contributed by atoms with van der Waals surface area (Å²) in [6.07, 6.45) is -4.45. The molecule has 5 heteroatoms. The Bertz CT molecular complexity index is 621. The number of nitrogens with two attached hydrogens (primary N) is 1. The number of nitrogen functional groups attached to an aromatic ring is 1. The first-order chi connectivity index (χ1) is 9.29. The van der Waals surface area contributed by atoms with E-state index in [2.05, 4.69) is 0 Å². The van der Waals surface area contributed by atoms with E-state index in [0.29, 0.717) is 5.69 Å². The number of alkyl halides is 3. The van der Waals surface area contributed by atoms with Crippen LogP contribution in [0.3, 0.4) is 0 Å². The Hall–Kier alpha value is -2.17. The largest absolute Gasteiger partial charge is 0.418 e. The van der Waals surface area contributed by atoms with Gasteiger partial charge in [-0.1, -0.05) is 12.1 Å². The van der Waals surface area contributed by atoms with Gasteiger partial charge >= 0.3 is 6.18 Å². The Balaban J connectivity index is 2.43. The summed E-state index contributed by atoms with van der Waals surface area (Å²) in [5.41, 5.74) is 6.63. The van der Waals surface area contributed by atoms with Gasteiger partial charge in [-0.05, 0) is 42.8 Å². The monoisotopic (exact) mass is 280 g/mol. The highest BCUT2D eigenvalue weighted by molar-refractivity contribution is 5.67. The molecule has 2 aromatic rings. The lowest BCUT2D eigenvalue weighted by Gasteiger charge is -2.22. The topological polar surface area (TPSA) is 29.3 Å². The van der Waals surface area contributed by atoms with Crippen molar-refractivity contribution in [3.05, 3.63) is 53.6 Å². The molecular weight excluding hydrogens is 265 g/mol. The zero-order valence-electron chi connectivity index (χ0n) is 11.2. The smallest absolute Gasteiger partial charge is 0.398 e. The minimum Gasteiger partial charge on any atom is -0.398 e. The number of halogens is 3. The Labute approximate surface area is 115 Å². The quantitative estimate of drug-likeness (QED) is 0.828. The number of aryl methyl sites for hydroxylation is 1. The molecule has 20 heavy (non-hydrogen) atoms. The summed E-state index contributed by atoms with van der Waals surface area (Å²) in [4.78, 5) is 1.70. The number of benzene rings is 2. The molecular formula is C15H15F3N2. The van der Waals surface area contributed by atoms with Gasteiger partial charge in [0.05, 0.1) is 5.56 Å². The summed E-state index contributed by atoms with van der Waals surface area (Å²) in [7, 11) is 1.72. The first-order valence-electron chi connectivity index (χ1n) is 6.06. The molecule has 2 N–H and O–H groups in total. The molecule has 0 atom stereocenters. The molecule has 0 aliphatic heterocycles. The third-order valence-corrected chi connectivity index (χ3v) is 3.12. The minimum atomic E-state index is -4.45. The third-order valence-electron chi connectivity index (χ3n) is 3.12. The fourth-order valence-corrected chi connectivity index (χ4v) is 1.98. The minimum absolute atomic E-state index is 0.265. The number of nitrogens with zero attached hydrogens (tertiary/aromatic N) is 1. The van der Waals surface area contributed by atoms with Gasteiger partial charge in [0.2, 0.25) is 0 Å². The molecule has 0 fully saturated rings. The Morgan fingerprint density at radius 2 is 1.65 bits per heavy atom. The summed E-state index contributed by atoms with van der Waals surface area (Å²) in [6, 6.07) is 11.5. The van der Waals surface area contributed by atoms with E-state index in [9.17, 15) is 13.2 Å².